The number of sulfonamides is 1. The van der Waals surface area contributed by atoms with E-state index in [4.69, 9.17) is 16.3 Å². The Morgan fingerprint density at radius 2 is 1.78 bits per heavy atom. The van der Waals surface area contributed by atoms with E-state index in [1.54, 1.807) is 13.8 Å². The van der Waals surface area contributed by atoms with Crippen LogP contribution in [0.2, 0.25) is 5.15 Å². The van der Waals surface area contributed by atoms with Crippen molar-refractivity contribution in [2.45, 2.75) is 18.7 Å². The maximum Gasteiger partial charge on any atom is 0.257 e. The summed E-state index contributed by atoms with van der Waals surface area (Å²) in [6, 6.07) is 12.4. The molecule has 0 atom stereocenters. The summed E-state index contributed by atoms with van der Waals surface area (Å²) >= 11 is 5.77. The molecule has 0 spiro atoms. The molecule has 0 aliphatic carbocycles. The molecule has 1 heterocycles. The molecule has 0 unspecified atom stereocenters. The van der Waals surface area contributed by atoms with E-state index in [0.29, 0.717) is 18.8 Å². The Morgan fingerprint density at radius 1 is 1.09 bits per heavy atom. The van der Waals surface area contributed by atoms with Gasteiger partial charge in [0.25, 0.3) is 5.91 Å². The molecule has 0 saturated carbocycles. The molecule has 1 N–H and O–H groups in total. The third-order valence-electron chi connectivity index (χ3n) is 4.57. The van der Waals surface area contributed by atoms with Crippen molar-refractivity contribution in [3.63, 3.8) is 0 Å². The van der Waals surface area contributed by atoms with Crippen LogP contribution in [0.1, 0.15) is 24.2 Å². The van der Waals surface area contributed by atoms with Gasteiger partial charge >= 0.3 is 0 Å². The topological polar surface area (TPSA) is 88.6 Å². The third-order valence-corrected chi connectivity index (χ3v) is 6.84. The molecular weight excluding hydrogens is 457 g/mol. The lowest BCUT2D eigenvalue weighted by molar-refractivity contribution is 0.102. The van der Waals surface area contributed by atoms with Crippen molar-refractivity contribution in [3.05, 3.63) is 77.3 Å². The van der Waals surface area contributed by atoms with Crippen LogP contribution >= 0.6 is 11.6 Å². The van der Waals surface area contributed by atoms with Crippen LogP contribution in [0.3, 0.4) is 0 Å². The number of nitrogens with one attached hydrogen (secondary N) is 1. The predicted octanol–water partition coefficient (Wildman–Crippen LogP) is 4.95. The normalized spacial score (nSPS) is 11.4. The quantitative estimate of drug-likeness (QED) is 0.464. The number of pyridine rings is 1. The molecule has 3 aromatic rings. The van der Waals surface area contributed by atoms with Crippen LogP contribution in [0.4, 0.5) is 10.1 Å². The van der Waals surface area contributed by atoms with Gasteiger partial charge in [0.05, 0.1) is 16.1 Å². The molecule has 0 saturated heterocycles. The Labute approximate surface area is 190 Å². The van der Waals surface area contributed by atoms with Gasteiger partial charge in [-0.05, 0) is 54.6 Å². The SMILES string of the molecule is CCN(CC)S(=O)(=O)c1ccc(Oc2ccc(F)cc2)c(NC(=O)c2ccc(Cl)nc2)c1. The number of anilines is 1. The molecular formula is C22H21ClFN3O4S. The summed E-state index contributed by atoms with van der Waals surface area (Å²) < 4.78 is 46.2. The standard InChI is InChI=1S/C22H21ClFN3O4S/c1-3-27(4-2)32(29,30)18-10-11-20(31-17-8-6-16(24)7-9-17)19(13-18)26-22(28)15-5-12-21(23)25-14-15/h5-14H,3-4H2,1-2H3,(H,26,28). The van der Waals surface area contributed by atoms with Crippen molar-refractivity contribution in [3.8, 4) is 11.5 Å². The summed E-state index contributed by atoms with van der Waals surface area (Å²) in [4.78, 5) is 16.6. The number of ether oxygens (including phenoxy) is 1. The lowest BCUT2D eigenvalue weighted by atomic mass is 10.2. The molecule has 0 aliphatic rings. The number of carbonyl (C=O) groups is 1. The van der Waals surface area contributed by atoms with Crippen molar-refractivity contribution < 1.29 is 22.3 Å². The number of hydrogen-bond donors (Lipinski definition) is 1. The summed E-state index contributed by atoms with van der Waals surface area (Å²) in [6.07, 6.45) is 1.30. The van der Waals surface area contributed by atoms with Gasteiger partial charge in [-0.1, -0.05) is 25.4 Å². The van der Waals surface area contributed by atoms with Crippen LogP contribution < -0.4 is 10.1 Å². The smallest absolute Gasteiger partial charge is 0.257 e. The number of amides is 1. The van der Waals surface area contributed by atoms with Gasteiger partial charge in [0, 0.05) is 19.3 Å². The van der Waals surface area contributed by atoms with Gasteiger partial charge in [0.1, 0.15) is 16.7 Å². The number of rotatable bonds is 8. The summed E-state index contributed by atoms with van der Waals surface area (Å²) in [5.74, 6) is -0.461. The van der Waals surface area contributed by atoms with Gasteiger partial charge in [0.2, 0.25) is 10.0 Å². The molecule has 1 amide bonds. The van der Waals surface area contributed by atoms with Gasteiger partial charge in [-0.2, -0.15) is 4.31 Å². The summed E-state index contributed by atoms with van der Waals surface area (Å²) in [5, 5.41) is 2.89. The van der Waals surface area contributed by atoms with Crippen LogP contribution in [-0.4, -0.2) is 36.7 Å². The molecule has 3 rings (SSSR count). The average Bonchev–Trinajstić information content (AvgIpc) is 2.77. The summed E-state index contributed by atoms with van der Waals surface area (Å²) in [7, 11) is -3.78. The second-order valence-electron chi connectivity index (χ2n) is 6.63. The van der Waals surface area contributed by atoms with Gasteiger partial charge in [-0.25, -0.2) is 17.8 Å². The predicted molar refractivity (Wildman–Crippen MR) is 120 cm³/mol. The molecule has 0 fully saturated rings. The second-order valence-corrected chi connectivity index (χ2v) is 8.95. The fourth-order valence-corrected chi connectivity index (χ4v) is 4.50. The summed E-state index contributed by atoms with van der Waals surface area (Å²) in [6.45, 7) is 4.07. The minimum absolute atomic E-state index is 0.00260. The lowest BCUT2D eigenvalue weighted by Gasteiger charge is -2.20. The zero-order valence-electron chi connectivity index (χ0n) is 17.4. The average molecular weight is 478 g/mol. The molecule has 1 aromatic heterocycles. The van der Waals surface area contributed by atoms with Gasteiger partial charge < -0.3 is 10.1 Å². The van der Waals surface area contributed by atoms with E-state index in [1.807, 2.05) is 0 Å². The minimum Gasteiger partial charge on any atom is -0.455 e. The van der Waals surface area contributed by atoms with Crippen molar-refractivity contribution in [1.82, 2.24) is 9.29 Å². The van der Waals surface area contributed by atoms with Crippen molar-refractivity contribution in [2.75, 3.05) is 18.4 Å². The highest BCUT2D eigenvalue weighted by atomic mass is 35.5. The molecule has 7 nitrogen and oxygen atoms in total. The van der Waals surface area contributed by atoms with Crippen molar-refractivity contribution in [2.24, 2.45) is 0 Å². The minimum atomic E-state index is -3.78. The number of benzene rings is 2. The Kier molecular flexibility index (Phi) is 7.44. The number of halogens is 2. The highest BCUT2D eigenvalue weighted by molar-refractivity contribution is 7.89. The van der Waals surface area contributed by atoms with Crippen LogP contribution in [0.25, 0.3) is 0 Å². The molecule has 10 heteroatoms. The van der Waals surface area contributed by atoms with Gasteiger partial charge in [0.15, 0.2) is 5.75 Å². The van der Waals surface area contributed by atoms with Gasteiger partial charge in [-0.3, -0.25) is 4.79 Å². The van der Waals surface area contributed by atoms with E-state index >= 15 is 0 Å². The van der Waals surface area contributed by atoms with E-state index in [2.05, 4.69) is 10.3 Å². The van der Waals surface area contributed by atoms with E-state index in [1.165, 1.54) is 65.1 Å². The fraction of sp³-hybridized carbons (Fsp3) is 0.182. The molecule has 32 heavy (non-hydrogen) atoms. The zero-order chi connectivity index (χ0) is 23.3. The first-order valence-corrected chi connectivity index (χ1v) is 11.6. The fourth-order valence-electron chi connectivity index (χ4n) is 2.90. The van der Waals surface area contributed by atoms with E-state index in [9.17, 15) is 17.6 Å². The first kappa shape index (κ1) is 23.6. The number of aromatic nitrogens is 1. The zero-order valence-corrected chi connectivity index (χ0v) is 19.0. The van der Waals surface area contributed by atoms with Crippen molar-refractivity contribution >= 4 is 33.2 Å². The van der Waals surface area contributed by atoms with E-state index < -0.39 is 21.7 Å². The third kappa shape index (κ3) is 5.42. The van der Waals surface area contributed by atoms with E-state index in [0.717, 1.165) is 0 Å². The number of carbonyl (C=O) groups excluding carboxylic acids is 1. The number of hydrogen-bond acceptors (Lipinski definition) is 5. The molecule has 0 aliphatic heterocycles. The van der Waals surface area contributed by atoms with Crippen LogP contribution in [0.15, 0.2) is 65.7 Å². The highest BCUT2D eigenvalue weighted by Gasteiger charge is 2.24. The summed E-state index contributed by atoms with van der Waals surface area (Å²) in [5.41, 5.74) is 0.349. The largest absolute Gasteiger partial charge is 0.455 e. The first-order valence-electron chi connectivity index (χ1n) is 9.75. The first-order chi connectivity index (χ1) is 15.2. The van der Waals surface area contributed by atoms with Crippen molar-refractivity contribution in [1.29, 1.82) is 0 Å². The maximum absolute atomic E-state index is 13.2. The Balaban J connectivity index is 2.01. The molecule has 0 bridgehead atoms. The Morgan fingerprint density at radius 3 is 2.38 bits per heavy atom. The molecule has 0 radical (unpaired) electrons. The van der Waals surface area contributed by atoms with E-state index in [-0.39, 0.29) is 27.0 Å². The Hall–Kier alpha value is -3.01. The van der Waals surface area contributed by atoms with Crippen LogP contribution in [0.5, 0.6) is 11.5 Å². The number of nitrogens with zero attached hydrogens (tertiary/aromatic N) is 2. The lowest BCUT2D eigenvalue weighted by Crippen LogP contribution is -2.30. The van der Waals surface area contributed by atoms with Crippen LogP contribution in [-0.2, 0) is 10.0 Å². The Bertz CT molecular complexity index is 1200. The highest BCUT2D eigenvalue weighted by Crippen LogP contribution is 2.33. The molecule has 2 aromatic carbocycles. The monoisotopic (exact) mass is 477 g/mol. The maximum atomic E-state index is 13.2. The second kappa shape index (κ2) is 10.1. The molecule has 168 valence electrons. The van der Waals surface area contributed by atoms with Gasteiger partial charge in [-0.15, -0.1) is 0 Å². The van der Waals surface area contributed by atoms with Crippen LogP contribution in [0, 0.1) is 5.82 Å².